The third-order valence-electron chi connectivity index (χ3n) is 4.57. The van der Waals surface area contributed by atoms with E-state index in [1.54, 1.807) is 12.3 Å². The number of rotatable bonds is 6. The van der Waals surface area contributed by atoms with Gasteiger partial charge in [0.15, 0.2) is 0 Å². The van der Waals surface area contributed by atoms with Gasteiger partial charge in [-0.1, -0.05) is 12.1 Å². The number of aromatic nitrogens is 1. The van der Waals surface area contributed by atoms with Crippen LogP contribution >= 0.6 is 11.8 Å². The Morgan fingerprint density at radius 3 is 2.64 bits per heavy atom. The third kappa shape index (κ3) is 4.75. The van der Waals surface area contributed by atoms with Gasteiger partial charge in [-0.15, -0.1) is 11.8 Å². The zero-order valence-corrected chi connectivity index (χ0v) is 15.5. The fraction of sp³-hybridized carbons (Fsp3) is 0.400. The van der Waals surface area contributed by atoms with Gasteiger partial charge in [0.05, 0.1) is 5.56 Å². The fourth-order valence-corrected chi connectivity index (χ4v) is 3.71. The highest BCUT2D eigenvalue weighted by Crippen LogP contribution is 2.20. The van der Waals surface area contributed by atoms with Crippen molar-refractivity contribution in [1.82, 2.24) is 10.3 Å². The Morgan fingerprint density at radius 2 is 1.92 bits per heavy atom. The molecule has 3 rings (SSSR count). The summed E-state index contributed by atoms with van der Waals surface area (Å²) < 4.78 is 0. The number of hydrogen-bond donors (Lipinski definition) is 1. The summed E-state index contributed by atoms with van der Waals surface area (Å²) in [5, 5.41) is 3.77. The highest BCUT2D eigenvalue weighted by molar-refractivity contribution is 7.98. The second kappa shape index (κ2) is 8.90. The molecule has 0 atom stereocenters. The summed E-state index contributed by atoms with van der Waals surface area (Å²) in [6.07, 6.45) is 8.42. The molecule has 1 fully saturated rings. The average Bonchev–Trinajstić information content (AvgIpc) is 2.69. The van der Waals surface area contributed by atoms with E-state index in [0.29, 0.717) is 12.1 Å². The smallest absolute Gasteiger partial charge is 0.254 e. The largest absolute Gasteiger partial charge is 0.372 e. The molecule has 132 valence electrons. The Labute approximate surface area is 154 Å². The minimum atomic E-state index is -0.0533. The predicted molar refractivity (Wildman–Crippen MR) is 105 cm³/mol. The van der Waals surface area contributed by atoms with Crippen LogP contribution in [0.5, 0.6) is 0 Å². The first-order chi connectivity index (χ1) is 12.3. The van der Waals surface area contributed by atoms with Crippen molar-refractivity contribution in [3.63, 3.8) is 0 Å². The standard InChI is InChI=1S/C20H25N3OS/c1-25-20-18(6-5-12-22-20)19(24)21-13-11-16-7-9-17(10-8-16)23-14-3-2-4-15-23/h5-10,12H,2-4,11,13-15H2,1H3,(H,21,24). The van der Waals surface area contributed by atoms with Gasteiger partial charge in [0.2, 0.25) is 0 Å². The van der Waals surface area contributed by atoms with Crippen LogP contribution < -0.4 is 10.2 Å². The minimum absolute atomic E-state index is 0.0533. The van der Waals surface area contributed by atoms with Crippen molar-refractivity contribution in [2.75, 3.05) is 30.8 Å². The second-order valence-corrected chi connectivity index (χ2v) is 7.08. The first-order valence-electron chi connectivity index (χ1n) is 8.89. The minimum Gasteiger partial charge on any atom is -0.372 e. The lowest BCUT2D eigenvalue weighted by Gasteiger charge is -2.28. The van der Waals surface area contributed by atoms with Crippen molar-refractivity contribution < 1.29 is 4.79 Å². The monoisotopic (exact) mass is 355 g/mol. The second-order valence-electron chi connectivity index (χ2n) is 6.28. The number of amides is 1. The average molecular weight is 356 g/mol. The molecule has 25 heavy (non-hydrogen) atoms. The lowest BCUT2D eigenvalue weighted by Crippen LogP contribution is -2.29. The molecule has 1 N–H and O–H groups in total. The zero-order valence-electron chi connectivity index (χ0n) is 14.7. The van der Waals surface area contributed by atoms with Crippen LogP contribution in [0.3, 0.4) is 0 Å². The van der Waals surface area contributed by atoms with Crippen LogP contribution in [-0.2, 0) is 6.42 Å². The van der Waals surface area contributed by atoms with E-state index in [-0.39, 0.29) is 5.91 Å². The van der Waals surface area contributed by atoms with Crippen LogP contribution in [0.15, 0.2) is 47.6 Å². The summed E-state index contributed by atoms with van der Waals surface area (Å²) in [6, 6.07) is 12.4. The van der Waals surface area contributed by atoms with Gasteiger partial charge in [0, 0.05) is 31.5 Å². The number of nitrogens with one attached hydrogen (secondary N) is 1. The topological polar surface area (TPSA) is 45.2 Å². The Balaban J connectivity index is 1.51. The van der Waals surface area contributed by atoms with Gasteiger partial charge < -0.3 is 10.2 Å². The molecule has 0 saturated carbocycles. The van der Waals surface area contributed by atoms with Gasteiger partial charge in [-0.25, -0.2) is 4.98 Å². The first kappa shape index (κ1) is 17.8. The molecule has 2 aromatic rings. The molecule has 1 aliphatic rings. The van der Waals surface area contributed by atoms with Crippen LogP contribution in [0.1, 0.15) is 35.2 Å². The normalized spacial score (nSPS) is 14.4. The molecule has 0 radical (unpaired) electrons. The Hall–Kier alpha value is -2.01. The third-order valence-corrected chi connectivity index (χ3v) is 5.28. The number of thioether (sulfide) groups is 1. The maximum Gasteiger partial charge on any atom is 0.254 e. The maximum atomic E-state index is 12.3. The predicted octanol–water partition coefficient (Wildman–Crippen LogP) is 3.77. The highest BCUT2D eigenvalue weighted by Gasteiger charge is 2.12. The maximum absolute atomic E-state index is 12.3. The molecule has 1 amide bonds. The Kier molecular flexibility index (Phi) is 6.34. The lowest BCUT2D eigenvalue weighted by atomic mass is 10.1. The first-order valence-corrected chi connectivity index (χ1v) is 10.1. The summed E-state index contributed by atoms with van der Waals surface area (Å²) in [6.45, 7) is 2.96. The van der Waals surface area contributed by atoms with Crippen LogP contribution in [0, 0.1) is 0 Å². The van der Waals surface area contributed by atoms with E-state index in [9.17, 15) is 4.79 Å². The van der Waals surface area contributed by atoms with Gasteiger partial charge in [-0.05, 0) is 61.8 Å². The molecule has 1 aromatic carbocycles. The van der Waals surface area contributed by atoms with Gasteiger partial charge in [-0.3, -0.25) is 4.79 Å². The Bertz CT molecular complexity index is 696. The van der Waals surface area contributed by atoms with E-state index in [1.807, 2.05) is 12.3 Å². The summed E-state index contributed by atoms with van der Waals surface area (Å²) in [5.74, 6) is -0.0533. The molecule has 2 heterocycles. The van der Waals surface area contributed by atoms with E-state index in [1.165, 1.54) is 42.3 Å². The van der Waals surface area contributed by atoms with E-state index < -0.39 is 0 Å². The highest BCUT2D eigenvalue weighted by atomic mass is 32.2. The van der Waals surface area contributed by atoms with Crippen LogP contribution in [0.2, 0.25) is 0 Å². The van der Waals surface area contributed by atoms with E-state index >= 15 is 0 Å². The zero-order chi connectivity index (χ0) is 17.5. The number of carbonyl (C=O) groups is 1. The Morgan fingerprint density at radius 1 is 1.16 bits per heavy atom. The van der Waals surface area contributed by atoms with Gasteiger partial charge in [0.25, 0.3) is 5.91 Å². The van der Waals surface area contributed by atoms with Crippen molar-refractivity contribution in [3.05, 3.63) is 53.7 Å². The van der Waals surface area contributed by atoms with Crippen molar-refractivity contribution in [2.24, 2.45) is 0 Å². The van der Waals surface area contributed by atoms with Crippen molar-refractivity contribution in [2.45, 2.75) is 30.7 Å². The molecule has 5 heteroatoms. The number of carbonyl (C=O) groups excluding carboxylic acids is 1. The number of anilines is 1. The molecule has 4 nitrogen and oxygen atoms in total. The van der Waals surface area contributed by atoms with Crippen LogP contribution in [0.25, 0.3) is 0 Å². The summed E-state index contributed by atoms with van der Waals surface area (Å²) in [7, 11) is 0. The fourth-order valence-electron chi connectivity index (χ4n) is 3.17. The molecular formula is C20H25N3OS. The van der Waals surface area contributed by atoms with Crippen molar-refractivity contribution in [3.8, 4) is 0 Å². The molecule has 1 aliphatic heterocycles. The molecule has 0 bridgehead atoms. The van der Waals surface area contributed by atoms with E-state index in [4.69, 9.17) is 0 Å². The van der Waals surface area contributed by atoms with E-state index in [2.05, 4.69) is 39.5 Å². The molecule has 0 aliphatic carbocycles. The summed E-state index contributed by atoms with van der Waals surface area (Å²) >= 11 is 1.49. The summed E-state index contributed by atoms with van der Waals surface area (Å²) in [5.41, 5.74) is 3.21. The number of nitrogens with zero attached hydrogens (tertiary/aromatic N) is 2. The molecule has 0 unspecified atom stereocenters. The lowest BCUT2D eigenvalue weighted by molar-refractivity contribution is 0.0950. The van der Waals surface area contributed by atoms with Crippen LogP contribution in [0.4, 0.5) is 5.69 Å². The molecule has 1 aromatic heterocycles. The summed E-state index contributed by atoms with van der Waals surface area (Å²) in [4.78, 5) is 19.0. The quantitative estimate of drug-likeness (QED) is 0.801. The number of pyridine rings is 1. The van der Waals surface area contributed by atoms with Crippen LogP contribution in [-0.4, -0.2) is 36.8 Å². The SMILES string of the molecule is CSc1ncccc1C(=O)NCCc1ccc(N2CCCCC2)cc1. The van der Waals surface area contributed by atoms with Gasteiger partial charge in [-0.2, -0.15) is 0 Å². The molecule has 0 spiro atoms. The van der Waals surface area contributed by atoms with Crippen molar-refractivity contribution in [1.29, 1.82) is 0 Å². The van der Waals surface area contributed by atoms with E-state index in [0.717, 1.165) is 24.5 Å². The number of piperidine rings is 1. The molecular weight excluding hydrogens is 330 g/mol. The van der Waals surface area contributed by atoms with Crippen molar-refractivity contribution >= 4 is 23.4 Å². The van der Waals surface area contributed by atoms with Gasteiger partial charge in [0.1, 0.15) is 5.03 Å². The number of hydrogen-bond acceptors (Lipinski definition) is 4. The molecule has 1 saturated heterocycles. The van der Waals surface area contributed by atoms with Gasteiger partial charge >= 0.3 is 0 Å². The number of benzene rings is 1.